The highest BCUT2D eigenvalue weighted by molar-refractivity contribution is 7.99. The highest BCUT2D eigenvalue weighted by Crippen LogP contribution is 2.24. The minimum Gasteiger partial charge on any atom is -0.309 e. The SMILES string of the molecule is CC(C)N(C(=O)CSc1nnc(-c2ccccc2)n1C)c1ccccc1. The van der Waals surface area contributed by atoms with Crippen LogP contribution in [-0.4, -0.2) is 32.5 Å². The molecule has 1 amide bonds. The summed E-state index contributed by atoms with van der Waals surface area (Å²) in [5, 5.41) is 9.25. The fourth-order valence-corrected chi connectivity index (χ4v) is 3.56. The predicted octanol–water partition coefficient (Wildman–Crippen LogP) is 4.02. The number of carbonyl (C=O) groups is 1. The molecule has 1 heterocycles. The van der Waals surface area contributed by atoms with Crippen LogP contribution in [0.1, 0.15) is 13.8 Å². The molecule has 0 aliphatic rings. The average molecular weight is 366 g/mol. The van der Waals surface area contributed by atoms with Crippen molar-refractivity contribution in [3.63, 3.8) is 0 Å². The number of aromatic nitrogens is 3. The molecule has 134 valence electrons. The predicted molar refractivity (Wildman–Crippen MR) is 106 cm³/mol. The quantitative estimate of drug-likeness (QED) is 0.619. The zero-order chi connectivity index (χ0) is 18.5. The summed E-state index contributed by atoms with van der Waals surface area (Å²) in [4.78, 5) is 14.6. The Morgan fingerprint density at radius 2 is 1.65 bits per heavy atom. The Morgan fingerprint density at radius 3 is 2.27 bits per heavy atom. The van der Waals surface area contributed by atoms with Crippen LogP contribution in [0, 0.1) is 0 Å². The number of thioether (sulfide) groups is 1. The molecule has 5 nitrogen and oxygen atoms in total. The molecule has 0 aliphatic carbocycles. The Labute approximate surface area is 158 Å². The standard InChI is InChI=1S/C20H22N4OS/c1-15(2)24(17-12-8-5-9-13-17)18(25)14-26-20-22-21-19(23(20)3)16-10-6-4-7-11-16/h4-13,15H,14H2,1-3H3. The smallest absolute Gasteiger partial charge is 0.237 e. The van der Waals surface area contributed by atoms with Gasteiger partial charge >= 0.3 is 0 Å². The molecule has 0 aliphatic heterocycles. The maximum Gasteiger partial charge on any atom is 0.237 e. The number of hydrogen-bond donors (Lipinski definition) is 0. The Hall–Kier alpha value is -2.60. The molecule has 0 atom stereocenters. The molecule has 0 N–H and O–H groups in total. The highest BCUT2D eigenvalue weighted by atomic mass is 32.2. The maximum atomic E-state index is 12.8. The van der Waals surface area contributed by atoms with Crippen molar-refractivity contribution in [1.82, 2.24) is 14.8 Å². The number of rotatable bonds is 6. The maximum absolute atomic E-state index is 12.8. The van der Waals surface area contributed by atoms with E-state index in [-0.39, 0.29) is 11.9 Å². The van der Waals surface area contributed by atoms with Crippen LogP contribution in [0.5, 0.6) is 0 Å². The van der Waals surface area contributed by atoms with E-state index in [1.165, 1.54) is 11.8 Å². The normalized spacial score (nSPS) is 10.9. The van der Waals surface area contributed by atoms with Gasteiger partial charge in [-0.3, -0.25) is 4.79 Å². The van der Waals surface area contributed by atoms with Crippen molar-refractivity contribution in [1.29, 1.82) is 0 Å². The van der Waals surface area contributed by atoms with Crippen LogP contribution in [0.4, 0.5) is 5.69 Å². The molecule has 0 spiro atoms. The van der Waals surface area contributed by atoms with Crippen LogP contribution in [-0.2, 0) is 11.8 Å². The van der Waals surface area contributed by atoms with Crippen LogP contribution in [0.3, 0.4) is 0 Å². The van der Waals surface area contributed by atoms with E-state index in [1.54, 1.807) is 0 Å². The van der Waals surface area contributed by atoms with Crippen molar-refractivity contribution < 1.29 is 4.79 Å². The van der Waals surface area contributed by atoms with E-state index >= 15 is 0 Å². The number of anilines is 1. The monoisotopic (exact) mass is 366 g/mol. The van der Waals surface area contributed by atoms with Crippen molar-refractivity contribution >= 4 is 23.4 Å². The van der Waals surface area contributed by atoms with E-state index < -0.39 is 0 Å². The Balaban J connectivity index is 1.72. The lowest BCUT2D eigenvalue weighted by molar-refractivity contribution is -0.116. The highest BCUT2D eigenvalue weighted by Gasteiger charge is 2.20. The number of benzene rings is 2. The van der Waals surface area contributed by atoms with Gasteiger partial charge in [0, 0.05) is 24.3 Å². The molecule has 2 aromatic carbocycles. The molecule has 0 bridgehead atoms. The van der Waals surface area contributed by atoms with E-state index in [2.05, 4.69) is 10.2 Å². The van der Waals surface area contributed by atoms with E-state index in [0.29, 0.717) is 5.75 Å². The molecule has 6 heteroatoms. The Bertz CT molecular complexity index is 862. The van der Waals surface area contributed by atoms with Gasteiger partial charge in [-0.05, 0) is 26.0 Å². The summed E-state index contributed by atoms with van der Waals surface area (Å²) in [6, 6.07) is 19.8. The van der Waals surface area contributed by atoms with Crippen LogP contribution in [0.15, 0.2) is 65.8 Å². The van der Waals surface area contributed by atoms with E-state index in [1.807, 2.05) is 91.0 Å². The lowest BCUT2D eigenvalue weighted by atomic mass is 10.2. The van der Waals surface area contributed by atoms with Crippen LogP contribution in [0.25, 0.3) is 11.4 Å². The first-order valence-electron chi connectivity index (χ1n) is 8.52. The first-order valence-corrected chi connectivity index (χ1v) is 9.51. The Morgan fingerprint density at radius 1 is 1.04 bits per heavy atom. The first-order chi connectivity index (χ1) is 12.6. The lowest BCUT2D eigenvalue weighted by Gasteiger charge is -2.26. The minimum absolute atomic E-state index is 0.0560. The van der Waals surface area contributed by atoms with E-state index in [4.69, 9.17) is 0 Å². The third kappa shape index (κ3) is 3.96. The summed E-state index contributed by atoms with van der Waals surface area (Å²) in [5.74, 6) is 1.16. The van der Waals surface area contributed by atoms with Gasteiger partial charge in [0.25, 0.3) is 0 Å². The van der Waals surface area contributed by atoms with Crippen molar-refractivity contribution in [2.24, 2.45) is 7.05 Å². The fourth-order valence-electron chi connectivity index (χ4n) is 2.79. The van der Waals surface area contributed by atoms with Gasteiger partial charge in [-0.1, -0.05) is 60.3 Å². The van der Waals surface area contributed by atoms with E-state index in [9.17, 15) is 4.79 Å². The molecule has 0 fully saturated rings. The third-order valence-corrected chi connectivity index (χ3v) is 5.02. The average Bonchev–Trinajstić information content (AvgIpc) is 3.02. The molecule has 0 radical (unpaired) electrons. The van der Waals surface area contributed by atoms with Gasteiger partial charge in [-0.15, -0.1) is 10.2 Å². The van der Waals surface area contributed by atoms with Crippen molar-refractivity contribution in [3.05, 3.63) is 60.7 Å². The van der Waals surface area contributed by atoms with Crippen LogP contribution < -0.4 is 4.90 Å². The van der Waals surface area contributed by atoms with Gasteiger partial charge in [0.15, 0.2) is 11.0 Å². The topological polar surface area (TPSA) is 51.0 Å². The minimum atomic E-state index is 0.0560. The zero-order valence-corrected chi connectivity index (χ0v) is 16.0. The van der Waals surface area contributed by atoms with Crippen molar-refractivity contribution in [2.75, 3.05) is 10.7 Å². The zero-order valence-electron chi connectivity index (χ0n) is 15.2. The molecule has 3 rings (SSSR count). The first kappa shape index (κ1) is 18.2. The summed E-state index contributed by atoms with van der Waals surface area (Å²) >= 11 is 1.41. The van der Waals surface area contributed by atoms with Crippen LogP contribution >= 0.6 is 11.8 Å². The second kappa shape index (κ2) is 8.19. The van der Waals surface area contributed by atoms with Gasteiger partial charge in [0.1, 0.15) is 0 Å². The molecular formula is C20H22N4OS. The largest absolute Gasteiger partial charge is 0.309 e. The summed E-state index contributed by atoms with van der Waals surface area (Å²) < 4.78 is 1.93. The fraction of sp³-hybridized carbons (Fsp3) is 0.250. The second-order valence-electron chi connectivity index (χ2n) is 6.21. The number of para-hydroxylation sites is 1. The van der Waals surface area contributed by atoms with Gasteiger partial charge in [-0.25, -0.2) is 0 Å². The summed E-state index contributed by atoms with van der Waals surface area (Å²) in [7, 11) is 1.92. The molecule has 3 aromatic rings. The summed E-state index contributed by atoms with van der Waals surface area (Å²) in [6.07, 6.45) is 0. The van der Waals surface area contributed by atoms with Gasteiger partial charge in [0.05, 0.1) is 5.75 Å². The van der Waals surface area contributed by atoms with Crippen LogP contribution in [0.2, 0.25) is 0 Å². The third-order valence-electron chi connectivity index (χ3n) is 4.01. The number of hydrogen-bond acceptors (Lipinski definition) is 4. The van der Waals surface area contributed by atoms with E-state index in [0.717, 1.165) is 22.2 Å². The molecule has 0 unspecified atom stereocenters. The molecule has 1 aromatic heterocycles. The Kier molecular flexibility index (Phi) is 5.73. The van der Waals surface area contributed by atoms with Gasteiger partial charge in [0.2, 0.25) is 5.91 Å². The molecular weight excluding hydrogens is 344 g/mol. The summed E-state index contributed by atoms with van der Waals surface area (Å²) in [6.45, 7) is 4.04. The second-order valence-corrected chi connectivity index (χ2v) is 7.16. The summed E-state index contributed by atoms with van der Waals surface area (Å²) in [5.41, 5.74) is 1.92. The number of carbonyl (C=O) groups excluding carboxylic acids is 1. The lowest BCUT2D eigenvalue weighted by Crippen LogP contribution is -2.38. The van der Waals surface area contributed by atoms with Crippen molar-refractivity contribution in [3.8, 4) is 11.4 Å². The van der Waals surface area contributed by atoms with Gasteiger partial charge in [-0.2, -0.15) is 0 Å². The van der Waals surface area contributed by atoms with Crippen molar-refractivity contribution in [2.45, 2.75) is 25.0 Å². The number of nitrogens with zero attached hydrogens (tertiary/aromatic N) is 4. The molecule has 0 saturated heterocycles. The number of amides is 1. The van der Waals surface area contributed by atoms with Gasteiger partial charge < -0.3 is 9.47 Å². The molecule has 0 saturated carbocycles. The molecule has 26 heavy (non-hydrogen) atoms.